The van der Waals surface area contributed by atoms with Crippen molar-refractivity contribution in [3.63, 3.8) is 0 Å². The molecule has 1 N–H and O–H groups in total. The average molecular weight is 436 g/mol. The second kappa shape index (κ2) is 8.90. The van der Waals surface area contributed by atoms with Gasteiger partial charge in [0.05, 0.1) is 12.1 Å². The van der Waals surface area contributed by atoms with Crippen LogP contribution in [-0.4, -0.2) is 44.9 Å². The Bertz CT molecular complexity index is 1200. The highest BCUT2D eigenvalue weighted by Crippen LogP contribution is 2.27. The molecule has 32 heavy (non-hydrogen) atoms. The number of nitrogens with zero attached hydrogens (tertiary/aromatic N) is 3. The van der Waals surface area contributed by atoms with Crippen LogP contribution in [0.5, 0.6) is 0 Å². The molecule has 0 aliphatic heterocycles. The number of nitrogens with one attached hydrogen (secondary N) is 1. The Balaban J connectivity index is 1.45. The number of benzene rings is 2. The molecule has 0 saturated heterocycles. The van der Waals surface area contributed by atoms with E-state index < -0.39 is 0 Å². The minimum Gasteiger partial charge on any atom is -0.350 e. The average Bonchev–Trinajstić information content (AvgIpc) is 3.54. The van der Waals surface area contributed by atoms with Gasteiger partial charge in [-0.3, -0.25) is 19.1 Å². The second-order valence-corrected chi connectivity index (χ2v) is 8.16. The highest BCUT2D eigenvalue weighted by molar-refractivity contribution is 6.05. The maximum atomic E-state index is 14.2. The van der Waals surface area contributed by atoms with Crippen molar-refractivity contribution >= 4 is 28.5 Å². The number of Topliss-reactive ketones (excluding diaryl/α,β-unsaturated/α-hetero) is 1. The van der Waals surface area contributed by atoms with E-state index in [0.717, 1.165) is 12.8 Å². The first kappa shape index (κ1) is 21.7. The van der Waals surface area contributed by atoms with Gasteiger partial charge in [-0.25, -0.2) is 4.39 Å². The van der Waals surface area contributed by atoms with Crippen LogP contribution in [0.15, 0.2) is 42.5 Å². The lowest BCUT2D eigenvalue weighted by atomic mass is 10.1. The van der Waals surface area contributed by atoms with Gasteiger partial charge in [0.25, 0.3) is 0 Å². The number of fused-ring (bicyclic) bond motifs is 1. The van der Waals surface area contributed by atoms with Gasteiger partial charge in [-0.1, -0.05) is 36.4 Å². The molecule has 8 heteroatoms. The zero-order valence-corrected chi connectivity index (χ0v) is 18.1. The van der Waals surface area contributed by atoms with Gasteiger partial charge < -0.3 is 10.2 Å². The Morgan fingerprint density at radius 2 is 1.91 bits per heavy atom. The van der Waals surface area contributed by atoms with Crippen LogP contribution in [0.1, 0.15) is 41.4 Å². The van der Waals surface area contributed by atoms with Crippen molar-refractivity contribution in [1.29, 1.82) is 0 Å². The number of halogens is 1. The van der Waals surface area contributed by atoms with Gasteiger partial charge >= 0.3 is 0 Å². The number of carbonyl (C=O) groups excluding carboxylic acids is 3. The fourth-order valence-corrected chi connectivity index (χ4v) is 3.78. The van der Waals surface area contributed by atoms with E-state index >= 15 is 0 Å². The molecule has 0 radical (unpaired) electrons. The maximum Gasteiger partial charge on any atom is 0.245 e. The lowest BCUT2D eigenvalue weighted by Crippen LogP contribution is -2.43. The summed E-state index contributed by atoms with van der Waals surface area (Å²) in [5.41, 5.74) is 1.94. The molecule has 0 spiro atoms. The van der Waals surface area contributed by atoms with Crippen molar-refractivity contribution in [2.24, 2.45) is 0 Å². The third-order valence-electron chi connectivity index (χ3n) is 5.65. The SMILES string of the molecule is CC(=O)c1nn(CC(=O)N(CC(=O)NCc2cccc(C)c2F)C2CC2)c2ccccc12. The van der Waals surface area contributed by atoms with E-state index in [1.165, 1.54) is 11.6 Å². The van der Waals surface area contributed by atoms with E-state index in [1.807, 2.05) is 18.2 Å². The van der Waals surface area contributed by atoms with Crippen LogP contribution in [0.4, 0.5) is 4.39 Å². The third kappa shape index (κ3) is 4.54. The number of ketones is 1. The molecule has 1 saturated carbocycles. The van der Waals surface area contributed by atoms with E-state index in [4.69, 9.17) is 0 Å². The maximum absolute atomic E-state index is 14.2. The molecule has 1 aliphatic carbocycles. The van der Waals surface area contributed by atoms with Crippen molar-refractivity contribution in [1.82, 2.24) is 20.0 Å². The van der Waals surface area contributed by atoms with Gasteiger partial charge in [0.15, 0.2) is 5.78 Å². The Morgan fingerprint density at radius 1 is 1.16 bits per heavy atom. The molecule has 1 fully saturated rings. The number of aryl methyl sites for hydroxylation is 1. The zero-order chi connectivity index (χ0) is 22.8. The van der Waals surface area contributed by atoms with Crippen LogP contribution < -0.4 is 5.32 Å². The van der Waals surface area contributed by atoms with Crippen LogP contribution >= 0.6 is 0 Å². The summed E-state index contributed by atoms with van der Waals surface area (Å²) in [4.78, 5) is 39.1. The van der Waals surface area contributed by atoms with Gasteiger partial charge in [-0.05, 0) is 31.4 Å². The summed E-state index contributed by atoms with van der Waals surface area (Å²) in [6.07, 6.45) is 1.67. The molecule has 0 atom stereocenters. The normalized spacial score (nSPS) is 13.2. The fraction of sp³-hybridized carbons (Fsp3) is 0.333. The van der Waals surface area contributed by atoms with Gasteiger partial charge in [0.1, 0.15) is 18.1 Å². The number of hydrogen-bond acceptors (Lipinski definition) is 4. The molecule has 1 heterocycles. The Kier molecular flexibility index (Phi) is 6.03. The molecule has 2 aromatic carbocycles. The van der Waals surface area contributed by atoms with Crippen LogP contribution in [0.25, 0.3) is 10.9 Å². The summed E-state index contributed by atoms with van der Waals surface area (Å²) in [5, 5.41) is 7.75. The molecular weight excluding hydrogens is 411 g/mol. The van der Waals surface area contributed by atoms with Crippen LogP contribution in [-0.2, 0) is 22.7 Å². The Labute approximate surface area is 185 Å². The second-order valence-electron chi connectivity index (χ2n) is 8.16. The number of rotatable bonds is 8. The molecule has 1 aliphatic rings. The summed E-state index contributed by atoms with van der Waals surface area (Å²) < 4.78 is 15.7. The molecule has 1 aromatic heterocycles. The summed E-state index contributed by atoms with van der Waals surface area (Å²) in [7, 11) is 0. The minimum atomic E-state index is -0.346. The molecule has 0 unspecified atom stereocenters. The highest BCUT2D eigenvalue weighted by Gasteiger charge is 2.34. The van der Waals surface area contributed by atoms with Crippen molar-refractivity contribution in [3.05, 3.63) is 65.1 Å². The lowest BCUT2D eigenvalue weighted by Gasteiger charge is -2.22. The number of aromatic nitrogens is 2. The Hall–Kier alpha value is -3.55. The van der Waals surface area contributed by atoms with Crippen molar-refractivity contribution in [2.75, 3.05) is 6.54 Å². The first-order chi connectivity index (χ1) is 15.3. The van der Waals surface area contributed by atoms with E-state index in [2.05, 4.69) is 10.4 Å². The van der Waals surface area contributed by atoms with Crippen molar-refractivity contribution in [3.8, 4) is 0 Å². The van der Waals surface area contributed by atoms with Gasteiger partial charge in [-0.2, -0.15) is 5.10 Å². The number of carbonyl (C=O) groups is 3. The lowest BCUT2D eigenvalue weighted by molar-refractivity contribution is -0.137. The van der Waals surface area contributed by atoms with Crippen LogP contribution in [0.3, 0.4) is 0 Å². The smallest absolute Gasteiger partial charge is 0.245 e. The minimum absolute atomic E-state index is 0.0121. The Morgan fingerprint density at radius 3 is 2.62 bits per heavy atom. The monoisotopic (exact) mass is 436 g/mol. The summed E-state index contributed by atoms with van der Waals surface area (Å²) in [6.45, 7) is 3.01. The van der Waals surface area contributed by atoms with Gasteiger partial charge in [0.2, 0.25) is 11.8 Å². The van der Waals surface area contributed by atoms with E-state index in [0.29, 0.717) is 27.7 Å². The standard InChI is InChI=1S/C24H25FN4O3/c1-15-6-5-7-17(23(15)25)12-26-21(31)13-28(18-10-11-18)22(32)14-29-20-9-4-3-8-19(20)24(27-29)16(2)30/h3-9,18H,10-14H2,1-2H3,(H,26,31). The zero-order valence-electron chi connectivity index (χ0n) is 18.1. The number of para-hydroxylation sites is 1. The fourth-order valence-electron chi connectivity index (χ4n) is 3.78. The van der Waals surface area contributed by atoms with E-state index in [9.17, 15) is 18.8 Å². The predicted molar refractivity (Wildman–Crippen MR) is 117 cm³/mol. The molecule has 7 nitrogen and oxygen atoms in total. The number of hydrogen-bond donors (Lipinski definition) is 1. The highest BCUT2D eigenvalue weighted by atomic mass is 19.1. The van der Waals surface area contributed by atoms with Crippen LogP contribution in [0, 0.1) is 12.7 Å². The molecule has 3 aromatic rings. The summed E-state index contributed by atoms with van der Waals surface area (Å²) in [6, 6.07) is 12.3. The molecule has 4 rings (SSSR count). The topological polar surface area (TPSA) is 84.3 Å². The van der Waals surface area contributed by atoms with Crippen molar-refractivity contribution in [2.45, 2.75) is 45.8 Å². The summed E-state index contributed by atoms with van der Waals surface area (Å²) >= 11 is 0. The van der Waals surface area contributed by atoms with Crippen molar-refractivity contribution < 1.29 is 18.8 Å². The quantitative estimate of drug-likeness (QED) is 0.550. The first-order valence-corrected chi connectivity index (χ1v) is 10.6. The molecule has 2 amide bonds. The molecule has 0 bridgehead atoms. The van der Waals surface area contributed by atoms with Gasteiger partial charge in [-0.15, -0.1) is 0 Å². The largest absolute Gasteiger partial charge is 0.350 e. The molecule has 166 valence electrons. The van der Waals surface area contributed by atoms with E-state index in [1.54, 1.807) is 36.1 Å². The predicted octanol–water partition coefficient (Wildman–Crippen LogP) is 2.99. The third-order valence-corrected chi connectivity index (χ3v) is 5.65. The van der Waals surface area contributed by atoms with Crippen LogP contribution in [0.2, 0.25) is 0 Å². The number of amides is 2. The van der Waals surface area contributed by atoms with E-state index in [-0.39, 0.29) is 49.1 Å². The van der Waals surface area contributed by atoms with Gasteiger partial charge in [0, 0.05) is 30.5 Å². The molecular formula is C24H25FN4O3. The first-order valence-electron chi connectivity index (χ1n) is 10.6. The summed E-state index contributed by atoms with van der Waals surface area (Å²) in [5.74, 6) is -1.10.